The van der Waals surface area contributed by atoms with Crippen LogP contribution in [0.3, 0.4) is 0 Å². The molecule has 43 heavy (non-hydrogen) atoms. The van der Waals surface area contributed by atoms with E-state index in [2.05, 4.69) is 28.1 Å². The molecule has 238 valence electrons. The van der Waals surface area contributed by atoms with Crippen LogP contribution in [0, 0.1) is 5.41 Å². The van der Waals surface area contributed by atoms with E-state index in [1.54, 1.807) is 13.0 Å². The van der Waals surface area contributed by atoms with E-state index in [0.29, 0.717) is 23.8 Å². The highest BCUT2D eigenvalue weighted by Crippen LogP contribution is 2.27. The number of aliphatic carboxylic acids is 2. The van der Waals surface area contributed by atoms with Crippen LogP contribution in [0.4, 0.5) is 26.3 Å². The maximum absolute atomic E-state index is 12.7. The number of hydrogen-bond donors (Lipinski definition) is 7. The monoisotopic (exact) mass is 641 g/mol. The third-order valence-electron chi connectivity index (χ3n) is 5.59. The second-order valence-corrected chi connectivity index (χ2v) is 10.0. The van der Waals surface area contributed by atoms with Gasteiger partial charge in [-0.25, -0.2) is 9.59 Å². The van der Waals surface area contributed by atoms with Gasteiger partial charge in [0.2, 0.25) is 11.8 Å². The molecule has 0 saturated carbocycles. The Bertz CT molecular complexity index is 1230. The minimum absolute atomic E-state index is 0.0157. The van der Waals surface area contributed by atoms with Crippen molar-refractivity contribution in [3.8, 4) is 0 Å². The number of alkyl halides is 6. The van der Waals surface area contributed by atoms with Gasteiger partial charge in [-0.3, -0.25) is 15.0 Å². The van der Waals surface area contributed by atoms with Crippen LogP contribution < -0.4 is 21.7 Å². The van der Waals surface area contributed by atoms with Crippen LogP contribution in [-0.2, 0) is 25.7 Å². The number of halogens is 6. The molecule has 2 heterocycles. The molecule has 1 unspecified atom stereocenters. The fraction of sp³-hybridized carbons (Fsp3) is 0.400. The van der Waals surface area contributed by atoms with Gasteiger partial charge >= 0.3 is 24.3 Å². The molecule has 1 aromatic heterocycles. The number of nitrogens with two attached hydrogens (primary N) is 1. The Labute approximate surface area is 245 Å². The highest BCUT2D eigenvalue weighted by molar-refractivity contribution is 7.14. The van der Waals surface area contributed by atoms with E-state index < -0.39 is 30.3 Å². The minimum Gasteiger partial charge on any atom is -0.475 e. The SMILES string of the molecule is CC(NC(=O)[C@H]1C[C@@H](c2ccccc2)CCN1)C(=O)NCc1ccc(C(=N)N)s1.O=C(O)C(F)(F)F.O=C(O)C(F)(F)F. The molecule has 0 radical (unpaired) electrons. The molecule has 8 N–H and O–H groups in total. The Morgan fingerprint density at radius 3 is 2.02 bits per heavy atom. The second-order valence-electron chi connectivity index (χ2n) is 8.87. The lowest BCUT2D eigenvalue weighted by atomic mass is 9.86. The van der Waals surface area contributed by atoms with Gasteiger partial charge in [0.1, 0.15) is 11.9 Å². The number of nitrogens with one attached hydrogen (secondary N) is 4. The zero-order valence-corrected chi connectivity index (χ0v) is 23.2. The Morgan fingerprint density at radius 2 is 1.56 bits per heavy atom. The van der Waals surface area contributed by atoms with Gasteiger partial charge in [0, 0.05) is 4.88 Å². The topological polar surface area (TPSA) is 195 Å². The molecule has 1 aliphatic rings. The lowest BCUT2D eigenvalue weighted by Gasteiger charge is -2.30. The fourth-order valence-corrected chi connectivity index (χ4v) is 4.28. The molecule has 1 aromatic carbocycles. The van der Waals surface area contributed by atoms with Crippen LogP contribution in [0.2, 0.25) is 0 Å². The highest BCUT2D eigenvalue weighted by Gasteiger charge is 2.39. The van der Waals surface area contributed by atoms with Gasteiger partial charge in [0.25, 0.3) is 0 Å². The Hall–Kier alpha value is -4.19. The summed E-state index contributed by atoms with van der Waals surface area (Å²) in [7, 11) is 0. The summed E-state index contributed by atoms with van der Waals surface area (Å²) in [5, 5.41) is 30.6. The van der Waals surface area contributed by atoms with Crippen LogP contribution >= 0.6 is 11.3 Å². The first kappa shape index (κ1) is 36.8. The molecule has 11 nitrogen and oxygen atoms in total. The van der Waals surface area contributed by atoms with E-state index in [0.717, 1.165) is 17.8 Å². The van der Waals surface area contributed by atoms with Crippen molar-refractivity contribution in [2.24, 2.45) is 5.73 Å². The van der Waals surface area contributed by atoms with Crippen molar-refractivity contribution < 1.29 is 55.7 Å². The molecule has 3 atom stereocenters. The Morgan fingerprint density at radius 1 is 1.02 bits per heavy atom. The molecule has 2 aromatic rings. The van der Waals surface area contributed by atoms with E-state index in [1.165, 1.54) is 16.9 Å². The quantitative estimate of drug-likeness (QED) is 0.136. The number of hydrogen-bond acceptors (Lipinski definition) is 7. The number of amides is 2. The summed E-state index contributed by atoms with van der Waals surface area (Å²) >= 11 is 1.37. The maximum Gasteiger partial charge on any atom is 0.490 e. The molecule has 3 rings (SSSR count). The smallest absolute Gasteiger partial charge is 0.475 e. The number of amidine groups is 1. The van der Waals surface area contributed by atoms with Crippen molar-refractivity contribution in [1.29, 1.82) is 5.41 Å². The summed E-state index contributed by atoms with van der Waals surface area (Å²) < 4.78 is 63.5. The number of piperidine rings is 1. The molecule has 0 aliphatic carbocycles. The molecule has 1 fully saturated rings. The van der Waals surface area contributed by atoms with Crippen molar-refractivity contribution in [1.82, 2.24) is 16.0 Å². The summed E-state index contributed by atoms with van der Waals surface area (Å²) in [5.74, 6) is -5.55. The van der Waals surface area contributed by atoms with E-state index in [4.69, 9.17) is 30.9 Å². The van der Waals surface area contributed by atoms with E-state index >= 15 is 0 Å². The van der Waals surface area contributed by atoms with Gasteiger partial charge < -0.3 is 31.9 Å². The first-order valence-corrected chi connectivity index (χ1v) is 13.0. The predicted octanol–water partition coefficient (Wildman–Crippen LogP) is 2.96. The van der Waals surface area contributed by atoms with E-state index in [9.17, 15) is 35.9 Å². The number of carboxylic acids is 2. The number of carboxylic acid groups (broad SMARTS) is 2. The van der Waals surface area contributed by atoms with Crippen LogP contribution in [0.15, 0.2) is 42.5 Å². The Kier molecular flexibility index (Phi) is 14.1. The van der Waals surface area contributed by atoms with Crippen molar-refractivity contribution >= 4 is 40.9 Å². The third-order valence-corrected chi connectivity index (χ3v) is 6.71. The Balaban J connectivity index is 0.000000548. The van der Waals surface area contributed by atoms with Gasteiger partial charge in [-0.1, -0.05) is 30.3 Å². The largest absolute Gasteiger partial charge is 0.490 e. The van der Waals surface area contributed by atoms with Gasteiger partial charge in [-0.2, -0.15) is 26.3 Å². The average molecular weight is 642 g/mol. The molecular formula is C25H29F6N5O6S. The lowest BCUT2D eigenvalue weighted by molar-refractivity contribution is -0.193. The van der Waals surface area contributed by atoms with Crippen LogP contribution in [-0.4, -0.2) is 70.8 Å². The molecule has 2 amide bonds. The fourth-order valence-electron chi connectivity index (χ4n) is 3.47. The van der Waals surface area contributed by atoms with Crippen molar-refractivity contribution in [2.45, 2.75) is 56.7 Å². The summed E-state index contributed by atoms with van der Waals surface area (Å²) in [4.78, 5) is 44.4. The first-order chi connectivity index (χ1) is 19.8. The number of rotatable bonds is 7. The summed E-state index contributed by atoms with van der Waals surface area (Å²) in [6.45, 7) is 2.80. The summed E-state index contributed by atoms with van der Waals surface area (Å²) in [6, 6.07) is 12.9. The van der Waals surface area contributed by atoms with Gasteiger partial charge in [-0.15, -0.1) is 11.3 Å². The normalized spacial score (nSPS) is 17.1. The second kappa shape index (κ2) is 16.4. The molecule has 1 aliphatic heterocycles. The third kappa shape index (κ3) is 13.6. The maximum atomic E-state index is 12.7. The lowest BCUT2D eigenvalue weighted by Crippen LogP contribution is -2.53. The standard InChI is InChI=1S/C21H27N5O2S.2C2HF3O2/c1-13(20(27)25-12-16-7-8-18(29-16)19(22)23)26-21(28)17-11-15(9-10-24-17)14-5-3-2-4-6-14;2*3-2(4,5)1(6)7/h2-8,13,15,17,24H,9-12H2,1H3,(H3,22,23)(H,25,27)(H,26,28);2*(H,6,7)/t13?,15-,17+;;/m0../s1. The van der Waals surface area contributed by atoms with Gasteiger partial charge in [0.15, 0.2) is 0 Å². The summed E-state index contributed by atoms with van der Waals surface area (Å²) in [5.41, 5.74) is 6.71. The molecule has 18 heteroatoms. The molecule has 0 spiro atoms. The first-order valence-electron chi connectivity index (χ1n) is 12.2. The average Bonchev–Trinajstić information content (AvgIpc) is 3.41. The van der Waals surface area contributed by atoms with E-state index in [1.807, 2.05) is 24.3 Å². The molecule has 0 bridgehead atoms. The van der Waals surface area contributed by atoms with Crippen molar-refractivity contribution in [3.63, 3.8) is 0 Å². The predicted molar refractivity (Wildman–Crippen MR) is 142 cm³/mol. The van der Waals surface area contributed by atoms with Crippen LogP contribution in [0.1, 0.15) is 41.0 Å². The van der Waals surface area contributed by atoms with Gasteiger partial charge in [-0.05, 0) is 49.9 Å². The highest BCUT2D eigenvalue weighted by atomic mass is 32.1. The number of thiophene rings is 1. The summed E-state index contributed by atoms with van der Waals surface area (Å²) in [6.07, 6.45) is -8.46. The number of carbonyl (C=O) groups is 4. The van der Waals surface area contributed by atoms with Crippen LogP contribution in [0.25, 0.3) is 0 Å². The zero-order valence-electron chi connectivity index (χ0n) is 22.4. The minimum atomic E-state index is -5.08. The number of nitrogen functional groups attached to an aromatic ring is 1. The van der Waals surface area contributed by atoms with Crippen molar-refractivity contribution in [2.75, 3.05) is 6.54 Å². The van der Waals surface area contributed by atoms with E-state index in [-0.39, 0.29) is 23.7 Å². The van der Waals surface area contributed by atoms with Gasteiger partial charge in [0.05, 0.1) is 17.5 Å². The zero-order chi connectivity index (χ0) is 33.0. The number of carbonyl (C=O) groups excluding carboxylic acids is 2. The van der Waals surface area contributed by atoms with Crippen molar-refractivity contribution in [3.05, 3.63) is 57.8 Å². The van der Waals surface area contributed by atoms with Crippen LogP contribution in [0.5, 0.6) is 0 Å². The number of benzene rings is 1. The molecule has 1 saturated heterocycles. The molecular weight excluding hydrogens is 612 g/mol.